The quantitative estimate of drug-likeness (QED) is 0.794. The third kappa shape index (κ3) is 4.35. The third-order valence-electron chi connectivity index (χ3n) is 2.99. The molecule has 0 bridgehead atoms. The van der Waals surface area contributed by atoms with Gasteiger partial charge in [0.05, 0.1) is 5.75 Å². The molecule has 0 amide bonds. The zero-order valence-corrected chi connectivity index (χ0v) is 13.0. The molecule has 0 spiro atoms. The highest BCUT2D eigenvalue weighted by atomic mass is 32.2. The summed E-state index contributed by atoms with van der Waals surface area (Å²) in [6.45, 7) is 7.28. The lowest BCUT2D eigenvalue weighted by Crippen LogP contribution is -2.27. The smallest absolute Gasteiger partial charge is 0.228 e. The van der Waals surface area contributed by atoms with Crippen LogP contribution in [-0.4, -0.2) is 22.7 Å². The van der Waals surface area contributed by atoms with E-state index in [1.807, 2.05) is 6.07 Å². The normalized spacial score (nSPS) is 12.6. The molecule has 0 radical (unpaired) electrons. The molecule has 2 aromatic rings. The summed E-state index contributed by atoms with van der Waals surface area (Å²) in [6.07, 6.45) is 0.774. The number of aryl methyl sites for hydroxylation is 1. The summed E-state index contributed by atoms with van der Waals surface area (Å²) in [5.41, 5.74) is 1.28. The maximum Gasteiger partial charge on any atom is 0.228 e. The van der Waals surface area contributed by atoms with E-state index in [1.54, 1.807) is 11.8 Å². The molecule has 1 N–H and O–H groups in total. The Balaban J connectivity index is 1.88. The Morgan fingerprint density at radius 2 is 2.15 bits per heavy atom. The van der Waals surface area contributed by atoms with Crippen molar-refractivity contribution in [2.24, 2.45) is 0 Å². The zero-order chi connectivity index (χ0) is 14.4. The molecule has 1 atom stereocenters. The van der Waals surface area contributed by atoms with E-state index in [9.17, 15) is 0 Å². The number of rotatable bonds is 7. The molecule has 108 valence electrons. The Kier molecular flexibility index (Phi) is 5.61. The maximum atomic E-state index is 5.29. The average Bonchev–Trinajstić information content (AvgIpc) is 2.85. The third-order valence-corrected chi connectivity index (χ3v) is 4.17. The first-order chi connectivity index (χ1) is 9.69. The van der Waals surface area contributed by atoms with Crippen molar-refractivity contribution in [3.63, 3.8) is 0 Å². The number of nitrogens with zero attached hydrogens (tertiary/aromatic N) is 2. The first-order valence-electron chi connectivity index (χ1n) is 6.92. The van der Waals surface area contributed by atoms with Crippen molar-refractivity contribution in [3.05, 3.63) is 41.5 Å². The Bertz CT molecular complexity index is 541. The monoisotopic (exact) mass is 291 g/mol. The molecule has 0 saturated carbocycles. The highest BCUT2D eigenvalue weighted by Gasteiger charge is 2.10. The summed E-state index contributed by atoms with van der Waals surface area (Å²) in [7, 11) is 0. The minimum atomic E-state index is 0.359. The topological polar surface area (TPSA) is 51.0 Å². The molecule has 0 aliphatic carbocycles. The predicted octanol–water partition coefficient (Wildman–Crippen LogP) is 3.21. The number of aromatic nitrogens is 2. The van der Waals surface area contributed by atoms with Crippen molar-refractivity contribution in [2.75, 3.05) is 6.54 Å². The standard InChI is InChI=1S/C15H21N3OS/c1-4-16-12(3)9-15-17-14(18-19-15)10-20-13-8-6-5-7-11(13)2/h5-8,12,16H,4,9-10H2,1-3H3. The number of benzene rings is 1. The fourth-order valence-electron chi connectivity index (χ4n) is 1.97. The molecule has 0 saturated heterocycles. The van der Waals surface area contributed by atoms with Gasteiger partial charge in [0.15, 0.2) is 5.82 Å². The second-order valence-electron chi connectivity index (χ2n) is 4.82. The van der Waals surface area contributed by atoms with Crippen LogP contribution in [0, 0.1) is 6.92 Å². The van der Waals surface area contributed by atoms with E-state index in [4.69, 9.17) is 4.52 Å². The van der Waals surface area contributed by atoms with Crippen LogP contribution in [-0.2, 0) is 12.2 Å². The van der Waals surface area contributed by atoms with Crippen LogP contribution in [0.4, 0.5) is 0 Å². The van der Waals surface area contributed by atoms with E-state index < -0.39 is 0 Å². The molecule has 5 heteroatoms. The van der Waals surface area contributed by atoms with E-state index in [-0.39, 0.29) is 0 Å². The zero-order valence-electron chi connectivity index (χ0n) is 12.2. The lowest BCUT2D eigenvalue weighted by Gasteiger charge is -2.07. The van der Waals surface area contributed by atoms with Gasteiger partial charge in [0.25, 0.3) is 0 Å². The van der Waals surface area contributed by atoms with Crippen molar-refractivity contribution < 1.29 is 4.52 Å². The molecular formula is C15H21N3OS. The van der Waals surface area contributed by atoms with Crippen LogP contribution in [0.3, 0.4) is 0 Å². The summed E-state index contributed by atoms with van der Waals surface area (Å²) in [4.78, 5) is 5.70. The second kappa shape index (κ2) is 7.45. The molecule has 0 aliphatic rings. The Morgan fingerprint density at radius 3 is 2.90 bits per heavy atom. The molecule has 0 fully saturated rings. The van der Waals surface area contributed by atoms with Crippen molar-refractivity contribution in [2.45, 2.75) is 43.9 Å². The van der Waals surface area contributed by atoms with Crippen molar-refractivity contribution >= 4 is 11.8 Å². The van der Waals surface area contributed by atoms with Gasteiger partial charge in [-0.1, -0.05) is 30.3 Å². The van der Waals surface area contributed by atoms with Gasteiger partial charge in [0, 0.05) is 17.4 Å². The van der Waals surface area contributed by atoms with E-state index in [0.717, 1.165) is 24.5 Å². The predicted molar refractivity (Wildman–Crippen MR) is 81.9 cm³/mol. The molecule has 1 unspecified atom stereocenters. The highest BCUT2D eigenvalue weighted by Crippen LogP contribution is 2.24. The van der Waals surface area contributed by atoms with Crippen LogP contribution in [0.1, 0.15) is 31.1 Å². The van der Waals surface area contributed by atoms with Crippen LogP contribution < -0.4 is 5.32 Å². The molecule has 4 nitrogen and oxygen atoms in total. The number of hydrogen-bond donors (Lipinski definition) is 1. The van der Waals surface area contributed by atoms with Crippen molar-refractivity contribution in [1.29, 1.82) is 0 Å². The van der Waals surface area contributed by atoms with Crippen LogP contribution >= 0.6 is 11.8 Å². The molecule has 1 aromatic heterocycles. The Labute approximate surface area is 124 Å². The molecule has 0 aliphatic heterocycles. The van der Waals surface area contributed by atoms with Crippen LogP contribution in [0.25, 0.3) is 0 Å². The Hall–Kier alpha value is -1.33. The summed E-state index contributed by atoms with van der Waals surface area (Å²) in [5, 5.41) is 7.37. The van der Waals surface area contributed by atoms with Gasteiger partial charge in [-0.2, -0.15) is 4.98 Å². The SMILES string of the molecule is CCNC(C)Cc1nc(CSc2ccccc2C)no1. The van der Waals surface area contributed by atoms with Gasteiger partial charge in [-0.3, -0.25) is 0 Å². The van der Waals surface area contributed by atoms with Gasteiger partial charge >= 0.3 is 0 Å². The van der Waals surface area contributed by atoms with E-state index in [1.165, 1.54) is 10.5 Å². The van der Waals surface area contributed by atoms with Crippen LogP contribution in [0.5, 0.6) is 0 Å². The van der Waals surface area contributed by atoms with Crippen molar-refractivity contribution in [3.8, 4) is 0 Å². The number of thioether (sulfide) groups is 1. The molecule has 20 heavy (non-hydrogen) atoms. The summed E-state index contributed by atoms with van der Waals surface area (Å²) in [5.74, 6) is 2.21. The molecule has 1 heterocycles. The fourth-order valence-corrected chi connectivity index (χ4v) is 2.85. The molecular weight excluding hydrogens is 270 g/mol. The number of hydrogen-bond acceptors (Lipinski definition) is 5. The first kappa shape index (κ1) is 15.1. The van der Waals surface area contributed by atoms with Crippen molar-refractivity contribution in [1.82, 2.24) is 15.5 Å². The highest BCUT2D eigenvalue weighted by molar-refractivity contribution is 7.98. The number of nitrogens with one attached hydrogen (secondary N) is 1. The summed E-state index contributed by atoms with van der Waals surface area (Å²) < 4.78 is 5.29. The fraction of sp³-hybridized carbons (Fsp3) is 0.467. The van der Waals surface area contributed by atoms with Crippen LogP contribution in [0.2, 0.25) is 0 Å². The lowest BCUT2D eigenvalue weighted by atomic mass is 10.2. The van der Waals surface area contributed by atoms with Gasteiger partial charge in [0.1, 0.15) is 0 Å². The summed E-state index contributed by atoms with van der Waals surface area (Å²) >= 11 is 1.74. The van der Waals surface area contributed by atoms with Gasteiger partial charge in [-0.05, 0) is 32.0 Å². The minimum Gasteiger partial charge on any atom is -0.339 e. The second-order valence-corrected chi connectivity index (χ2v) is 5.84. The number of likely N-dealkylation sites (N-methyl/N-ethyl adjacent to an activating group) is 1. The van der Waals surface area contributed by atoms with Gasteiger partial charge in [-0.25, -0.2) is 0 Å². The van der Waals surface area contributed by atoms with E-state index >= 15 is 0 Å². The molecule has 1 aromatic carbocycles. The lowest BCUT2D eigenvalue weighted by molar-refractivity contribution is 0.359. The minimum absolute atomic E-state index is 0.359. The largest absolute Gasteiger partial charge is 0.339 e. The molecule has 2 rings (SSSR count). The van der Waals surface area contributed by atoms with Crippen LogP contribution in [0.15, 0.2) is 33.7 Å². The maximum absolute atomic E-state index is 5.29. The van der Waals surface area contributed by atoms with E-state index in [0.29, 0.717) is 11.9 Å². The van der Waals surface area contributed by atoms with E-state index in [2.05, 4.69) is 54.4 Å². The summed E-state index contributed by atoms with van der Waals surface area (Å²) in [6, 6.07) is 8.69. The Morgan fingerprint density at radius 1 is 1.35 bits per heavy atom. The average molecular weight is 291 g/mol. The first-order valence-corrected chi connectivity index (χ1v) is 7.91. The van der Waals surface area contributed by atoms with Gasteiger partial charge in [0.2, 0.25) is 5.89 Å². The van der Waals surface area contributed by atoms with Gasteiger partial charge < -0.3 is 9.84 Å². The van der Waals surface area contributed by atoms with Gasteiger partial charge in [-0.15, -0.1) is 11.8 Å².